The predicted octanol–water partition coefficient (Wildman–Crippen LogP) is 2.51. The van der Waals surface area contributed by atoms with Crippen LogP contribution in [0.2, 0.25) is 0 Å². The van der Waals surface area contributed by atoms with Crippen molar-refractivity contribution in [1.29, 1.82) is 0 Å². The molecule has 2 aliphatic rings. The van der Waals surface area contributed by atoms with Gasteiger partial charge in [-0.2, -0.15) is 8.61 Å². The summed E-state index contributed by atoms with van der Waals surface area (Å²) in [5.74, 6) is -1.70. The fraction of sp³-hybridized carbons (Fsp3) is 0.650. The molecule has 0 aromatic heterocycles. The van der Waals surface area contributed by atoms with Gasteiger partial charge >= 0.3 is 5.97 Å². The van der Waals surface area contributed by atoms with Gasteiger partial charge in [-0.1, -0.05) is 20.8 Å². The number of rotatable bonds is 8. The molecule has 8 nitrogen and oxygen atoms in total. The topological polar surface area (TPSA) is 112 Å². The summed E-state index contributed by atoms with van der Waals surface area (Å²) in [6.45, 7) is 5.98. The van der Waals surface area contributed by atoms with Gasteiger partial charge < -0.3 is 5.11 Å². The molecule has 10 heteroatoms. The van der Waals surface area contributed by atoms with Gasteiger partial charge in [-0.25, -0.2) is 16.8 Å². The Kier molecular flexibility index (Phi) is 6.35. The van der Waals surface area contributed by atoms with Crippen molar-refractivity contribution in [1.82, 2.24) is 8.61 Å². The Bertz CT molecular complexity index is 1000. The zero-order valence-corrected chi connectivity index (χ0v) is 19.2. The van der Waals surface area contributed by atoms with E-state index in [4.69, 9.17) is 0 Å². The van der Waals surface area contributed by atoms with Gasteiger partial charge in [-0.15, -0.1) is 0 Å². The van der Waals surface area contributed by atoms with E-state index in [2.05, 4.69) is 0 Å². The number of carbonyl (C=O) groups is 1. The first kappa shape index (κ1) is 23.2. The van der Waals surface area contributed by atoms with Crippen LogP contribution in [0.5, 0.6) is 0 Å². The molecule has 1 N–H and O–H groups in total. The second-order valence-corrected chi connectivity index (χ2v) is 11.7. The van der Waals surface area contributed by atoms with Crippen LogP contribution in [0.1, 0.15) is 52.9 Å². The normalized spacial score (nSPS) is 27.5. The largest absolute Gasteiger partial charge is 0.481 e. The Balaban J connectivity index is 2.01. The van der Waals surface area contributed by atoms with E-state index >= 15 is 0 Å². The Morgan fingerprint density at radius 1 is 1.03 bits per heavy atom. The standard InChI is InChI=1S/C20H30N2O6S2/c1-4-20-14-13-15(7-12-18(20)19(23)24)22(20)30(27,28)17-10-8-16(9-11-17)29(25,26)21(5-2)6-3/h8-11,15,18H,4-7,12-14H2,1-3H3,(H,23,24). The average molecular weight is 459 g/mol. The lowest BCUT2D eigenvalue weighted by Crippen LogP contribution is -2.59. The maximum absolute atomic E-state index is 13.6. The number of hydrogen-bond acceptors (Lipinski definition) is 5. The fourth-order valence-corrected chi connectivity index (χ4v) is 8.80. The van der Waals surface area contributed by atoms with Crippen LogP contribution in [0, 0.1) is 5.92 Å². The van der Waals surface area contributed by atoms with E-state index in [-0.39, 0.29) is 15.8 Å². The number of piperidine rings is 1. The highest BCUT2D eigenvalue weighted by atomic mass is 32.2. The monoisotopic (exact) mass is 458 g/mol. The third-order valence-electron chi connectivity index (χ3n) is 6.75. The highest BCUT2D eigenvalue weighted by molar-refractivity contribution is 7.89. The highest BCUT2D eigenvalue weighted by Crippen LogP contribution is 2.52. The molecule has 0 aliphatic carbocycles. The third kappa shape index (κ3) is 3.47. The summed E-state index contributed by atoms with van der Waals surface area (Å²) < 4.78 is 55.2. The zero-order valence-electron chi connectivity index (χ0n) is 17.6. The highest BCUT2D eigenvalue weighted by Gasteiger charge is 2.60. The lowest BCUT2D eigenvalue weighted by atomic mass is 9.77. The van der Waals surface area contributed by atoms with Crippen molar-refractivity contribution in [3.8, 4) is 0 Å². The summed E-state index contributed by atoms with van der Waals surface area (Å²) >= 11 is 0. The molecule has 2 saturated heterocycles. The van der Waals surface area contributed by atoms with Gasteiger partial charge in [-0.05, 0) is 56.4 Å². The van der Waals surface area contributed by atoms with Crippen molar-refractivity contribution in [3.63, 3.8) is 0 Å². The smallest absolute Gasteiger partial charge is 0.308 e. The Morgan fingerprint density at radius 3 is 2.10 bits per heavy atom. The molecule has 1 aromatic rings. The first-order valence-electron chi connectivity index (χ1n) is 10.4. The lowest BCUT2D eigenvalue weighted by molar-refractivity contribution is -0.148. The van der Waals surface area contributed by atoms with E-state index in [0.717, 1.165) is 0 Å². The number of nitrogens with zero attached hydrogens (tertiary/aromatic N) is 2. The number of carboxylic acids is 1. The van der Waals surface area contributed by atoms with Crippen LogP contribution < -0.4 is 0 Å². The van der Waals surface area contributed by atoms with Crippen molar-refractivity contribution in [2.75, 3.05) is 13.1 Å². The van der Waals surface area contributed by atoms with E-state index in [0.29, 0.717) is 45.2 Å². The molecule has 0 saturated carbocycles. The molecular weight excluding hydrogens is 428 g/mol. The number of carboxylic acid groups (broad SMARTS) is 1. The lowest BCUT2D eigenvalue weighted by Gasteiger charge is -2.47. The molecule has 2 heterocycles. The first-order chi connectivity index (χ1) is 14.1. The van der Waals surface area contributed by atoms with E-state index in [1.165, 1.54) is 32.9 Å². The molecule has 2 fully saturated rings. The Hall–Kier alpha value is -1.49. The molecular formula is C20H30N2O6S2. The quantitative estimate of drug-likeness (QED) is 0.641. The van der Waals surface area contributed by atoms with Gasteiger partial charge in [0.05, 0.1) is 15.7 Å². The molecule has 1 aromatic carbocycles. The van der Waals surface area contributed by atoms with Crippen LogP contribution in [-0.2, 0) is 24.8 Å². The van der Waals surface area contributed by atoms with Crippen LogP contribution in [0.4, 0.5) is 0 Å². The van der Waals surface area contributed by atoms with E-state index in [9.17, 15) is 26.7 Å². The second kappa shape index (κ2) is 8.22. The van der Waals surface area contributed by atoms with Gasteiger partial charge in [0.15, 0.2) is 0 Å². The summed E-state index contributed by atoms with van der Waals surface area (Å²) in [7, 11) is -7.65. The summed E-state index contributed by atoms with van der Waals surface area (Å²) in [6.07, 6.45) is 2.59. The third-order valence-corrected chi connectivity index (χ3v) is 10.9. The molecule has 30 heavy (non-hydrogen) atoms. The maximum Gasteiger partial charge on any atom is 0.308 e. The number of aliphatic carboxylic acids is 1. The van der Waals surface area contributed by atoms with Gasteiger partial charge in [0.1, 0.15) is 0 Å². The van der Waals surface area contributed by atoms with Gasteiger partial charge in [-0.3, -0.25) is 4.79 Å². The maximum atomic E-state index is 13.6. The molecule has 3 rings (SSSR count). The van der Waals surface area contributed by atoms with E-state index in [1.807, 2.05) is 6.92 Å². The SMILES string of the molecule is CCN(CC)S(=O)(=O)c1ccc(S(=O)(=O)N2C3CCC(C(=O)O)C2(CC)CC3)cc1. The molecule has 3 unspecified atom stereocenters. The van der Waals surface area contributed by atoms with Crippen molar-refractivity contribution in [3.05, 3.63) is 24.3 Å². The van der Waals surface area contributed by atoms with Crippen molar-refractivity contribution in [2.45, 2.75) is 74.2 Å². The molecule has 0 radical (unpaired) electrons. The van der Waals surface area contributed by atoms with Crippen molar-refractivity contribution >= 4 is 26.0 Å². The Morgan fingerprint density at radius 2 is 1.60 bits per heavy atom. The van der Waals surface area contributed by atoms with Gasteiger partial charge in [0.2, 0.25) is 20.0 Å². The minimum Gasteiger partial charge on any atom is -0.481 e. The molecule has 2 bridgehead atoms. The van der Waals surface area contributed by atoms with Crippen molar-refractivity contribution < 1.29 is 26.7 Å². The van der Waals surface area contributed by atoms with Gasteiger partial charge in [0.25, 0.3) is 0 Å². The minimum absolute atomic E-state index is 0.00300. The molecule has 168 valence electrons. The fourth-order valence-electron chi connectivity index (χ4n) is 5.20. The zero-order chi connectivity index (χ0) is 22.3. The summed E-state index contributed by atoms with van der Waals surface area (Å²) in [4.78, 5) is 11.9. The molecule has 3 atom stereocenters. The van der Waals surface area contributed by atoms with E-state index in [1.54, 1.807) is 13.8 Å². The Labute approximate surface area is 179 Å². The van der Waals surface area contributed by atoms with Crippen LogP contribution in [-0.4, -0.2) is 61.2 Å². The number of sulfonamides is 2. The summed E-state index contributed by atoms with van der Waals surface area (Å²) in [6, 6.07) is 5.06. The summed E-state index contributed by atoms with van der Waals surface area (Å²) in [5.41, 5.74) is -0.931. The summed E-state index contributed by atoms with van der Waals surface area (Å²) in [5, 5.41) is 9.74. The van der Waals surface area contributed by atoms with Crippen LogP contribution in [0.25, 0.3) is 0 Å². The number of hydrogen-bond donors (Lipinski definition) is 1. The van der Waals surface area contributed by atoms with E-state index < -0.39 is 37.5 Å². The second-order valence-electron chi connectivity index (χ2n) is 7.98. The molecule has 0 spiro atoms. The number of benzene rings is 1. The first-order valence-corrected chi connectivity index (χ1v) is 13.3. The predicted molar refractivity (Wildman–Crippen MR) is 112 cm³/mol. The average Bonchev–Trinajstić information content (AvgIpc) is 2.99. The molecule has 2 aliphatic heterocycles. The van der Waals surface area contributed by atoms with Crippen LogP contribution in [0.3, 0.4) is 0 Å². The molecule has 0 amide bonds. The van der Waals surface area contributed by atoms with Gasteiger partial charge in [0, 0.05) is 24.7 Å². The van der Waals surface area contributed by atoms with Crippen LogP contribution >= 0.6 is 0 Å². The van der Waals surface area contributed by atoms with Crippen LogP contribution in [0.15, 0.2) is 34.1 Å². The van der Waals surface area contributed by atoms with Crippen molar-refractivity contribution in [2.24, 2.45) is 5.92 Å². The number of fused-ring (bicyclic) bond motifs is 2. The minimum atomic E-state index is -3.97.